The third kappa shape index (κ3) is 5.13. The standard InChI is InChI=1S/C17H32N2O3/c1-17(2,3)22-16(20)19-11-5-6-14(19)12-18-13-7-9-15(21-4)10-8-13/h13-15,18H,5-12H2,1-4H3. The highest BCUT2D eigenvalue weighted by Crippen LogP contribution is 2.23. The molecule has 2 rings (SSSR count). The van der Waals surface area contributed by atoms with Crippen LogP contribution in [0.25, 0.3) is 0 Å². The highest BCUT2D eigenvalue weighted by atomic mass is 16.6. The van der Waals surface area contributed by atoms with Crippen LogP contribution in [0.5, 0.6) is 0 Å². The van der Waals surface area contributed by atoms with E-state index in [9.17, 15) is 4.79 Å². The van der Waals surface area contributed by atoms with Crippen LogP contribution >= 0.6 is 0 Å². The summed E-state index contributed by atoms with van der Waals surface area (Å²) in [6, 6.07) is 0.836. The van der Waals surface area contributed by atoms with Crippen molar-refractivity contribution in [1.29, 1.82) is 0 Å². The maximum atomic E-state index is 12.3. The summed E-state index contributed by atoms with van der Waals surface area (Å²) >= 11 is 0. The van der Waals surface area contributed by atoms with E-state index in [0.29, 0.717) is 12.1 Å². The first-order valence-corrected chi connectivity index (χ1v) is 8.65. The molecule has 1 saturated heterocycles. The van der Waals surface area contributed by atoms with Crippen molar-refractivity contribution in [3.63, 3.8) is 0 Å². The lowest BCUT2D eigenvalue weighted by Crippen LogP contribution is -2.46. The van der Waals surface area contributed by atoms with Gasteiger partial charge in [-0.2, -0.15) is 0 Å². The number of rotatable bonds is 4. The van der Waals surface area contributed by atoms with Crippen LogP contribution in [0.1, 0.15) is 59.3 Å². The Morgan fingerprint density at radius 2 is 1.86 bits per heavy atom. The van der Waals surface area contributed by atoms with E-state index in [1.807, 2.05) is 25.7 Å². The highest BCUT2D eigenvalue weighted by molar-refractivity contribution is 5.69. The molecule has 1 aliphatic carbocycles. The zero-order valence-corrected chi connectivity index (χ0v) is 14.6. The number of hydrogen-bond donors (Lipinski definition) is 1. The molecule has 2 aliphatic rings. The second kappa shape index (κ2) is 7.64. The Labute approximate surface area is 134 Å². The van der Waals surface area contributed by atoms with E-state index in [1.165, 1.54) is 0 Å². The Bertz CT molecular complexity index is 359. The van der Waals surface area contributed by atoms with Crippen molar-refractivity contribution in [3.8, 4) is 0 Å². The monoisotopic (exact) mass is 312 g/mol. The smallest absolute Gasteiger partial charge is 0.410 e. The van der Waals surface area contributed by atoms with Gasteiger partial charge in [0.1, 0.15) is 5.60 Å². The van der Waals surface area contributed by atoms with Crippen LogP contribution in [0.2, 0.25) is 0 Å². The molecule has 0 aromatic heterocycles. The first-order chi connectivity index (χ1) is 10.4. The average molecular weight is 312 g/mol. The molecule has 1 atom stereocenters. The predicted octanol–water partition coefficient (Wildman–Crippen LogP) is 2.93. The lowest BCUT2D eigenvalue weighted by molar-refractivity contribution is 0.0220. The summed E-state index contributed by atoms with van der Waals surface area (Å²) in [5, 5.41) is 3.65. The highest BCUT2D eigenvalue weighted by Gasteiger charge is 2.32. The number of carbonyl (C=O) groups is 1. The summed E-state index contributed by atoms with van der Waals surface area (Å²) in [6.45, 7) is 7.45. The van der Waals surface area contributed by atoms with Gasteiger partial charge in [0.25, 0.3) is 0 Å². The van der Waals surface area contributed by atoms with Gasteiger partial charge in [0.15, 0.2) is 0 Å². The van der Waals surface area contributed by atoms with Gasteiger partial charge in [-0.1, -0.05) is 0 Å². The lowest BCUT2D eigenvalue weighted by atomic mass is 9.93. The van der Waals surface area contributed by atoms with Crippen LogP contribution in [0.15, 0.2) is 0 Å². The molecule has 0 spiro atoms. The van der Waals surface area contributed by atoms with E-state index < -0.39 is 5.60 Å². The third-order valence-corrected chi connectivity index (χ3v) is 4.65. The van der Waals surface area contributed by atoms with Gasteiger partial charge in [-0.15, -0.1) is 0 Å². The Morgan fingerprint density at radius 1 is 1.18 bits per heavy atom. The van der Waals surface area contributed by atoms with Crippen molar-refractivity contribution >= 4 is 6.09 Å². The first kappa shape index (κ1) is 17.5. The van der Waals surface area contributed by atoms with Gasteiger partial charge in [-0.3, -0.25) is 0 Å². The SMILES string of the molecule is COC1CCC(NCC2CCCN2C(=O)OC(C)(C)C)CC1. The fourth-order valence-electron chi connectivity index (χ4n) is 3.41. The second-order valence-corrected chi connectivity index (χ2v) is 7.59. The van der Waals surface area contributed by atoms with Crippen molar-refractivity contribution in [2.75, 3.05) is 20.2 Å². The minimum Gasteiger partial charge on any atom is -0.444 e. The van der Waals surface area contributed by atoms with Gasteiger partial charge < -0.3 is 19.7 Å². The zero-order valence-electron chi connectivity index (χ0n) is 14.6. The van der Waals surface area contributed by atoms with Crippen molar-refractivity contribution in [2.24, 2.45) is 0 Å². The number of nitrogens with one attached hydrogen (secondary N) is 1. The largest absolute Gasteiger partial charge is 0.444 e. The van der Waals surface area contributed by atoms with Crippen LogP contribution < -0.4 is 5.32 Å². The summed E-state index contributed by atoms with van der Waals surface area (Å²) in [5.41, 5.74) is -0.420. The molecule has 1 unspecified atom stereocenters. The molecule has 1 N–H and O–H groups in total. The molecule has 0 radical (unpaired) electrons. The first-order valence-electron chi connectivity index (χ1n) is 8.65. The molecule has 5 nitrogen and oxygen atoms in total. The zero-order chi connectivity index (χ0) is 16.2. The average Bonchev–Trinajstić information content (AvgIpc) is 2.92. The number of likely N-dealkylation sites (tertiary alicyclic amines) is 1. The Balaban J connectivity index is 1.76. The molecule has 22 heavy (non-hydrogen) atoms. The molecule has 1 heterocycles. The van der Waals surface area contributed by atoms with Crippen molar-refractivity contribution in [3.05, 3.63) is 0 Å². The van der Waals surface area contributed by atoms with E-state index in [4.69, 9.17) is 9.47 Å². The van der Waals surface area contributed by atoms with Gasteiger partial charge in [-0.05, 0) is 59.3 Å². The molecule has 0 aromatic rings. The maximum absolute atomic E-state index is 12.3. The number of methoxy groups -OCH3 is 1. The molecule has 2 fully saturated rings. The summed E-state index contributed by atoms with van der Waals surface area (Å²) in [7, 11) is 1.80. The van der Waals surface area contributed by atoms with Gasteiger partial charge >= 0.3 is 6.09 Å². The molecule has 128 valence electrons. The number of hydrogen-bond acceptors (Lipinski definition) is 4. The fourth-order valence-corrected chi connectivity index (χ4v) is 3.41. The van der Waals surface area contributed by atoms with E-state index >= 15 is 0 Å². The minimum absolute atomic E-state index is 0.167. The van der Waals surface area contributed by atoms with Crippen molar-refractivity contribution in [2.45, 2.75) is 83.1 Å². The predicted molar refractivity (Wildman–Crippen MR) is 87.0 cm³/mol. The maximum Gasteiger partial charge on any atom is 0.410 e. The summed E-state index contributed by atoms with van der Waals surface area (Å²) in [5.74, 6) is 0. The summed E-state index contributed by atoms with van der Waals surface area (Å²) in [6.07, 6.45) is 7.00. The number of nitrogens with zero attached hydrogens (tertiary/aromatic N) is 1. The molecule has 1 amide bonds. The number of amides is 1. The van der Waals surface area contributed by atoms with Gasteiger partial charge in [0, 0.05) is 32.3 Å². The quantitative estimate of drug-likeness (QED) is 0.867. The Kier molecular flexibility index (Phi) is 6.09. The Hall–Kier alpha value is -0.810. The van der Waals surface area contributed by atoms with Gasteiger partial charge in [-0.25, -0.2) is 4.79 Å². The van der Waals surface area contributed by atoms with E-state index in [0.717, 1.165) is 51.6 Å². The fraction of sp³-hybridized carbons (Fsp3) is 0.941. The molecule has 5 heteroatoms. The van der Waals surface area contributed by atoms with Crippen molar-refractivity contribution < 1.29 is 14.3 Å². The Morgan fingerprint density at radius 3 is 2.45 bits per heavy atom. The van der Waals surface area contributed by atoms with E-state index in [2.05, 4.69) is 5.32 Å². The number of carbonyl (C=O) groups excluding carboxylic acids is 1. The van der Waals surface area contributed by atoms with Crippen LogP contribution in [0, 0.1) is 0 Å². The van der Waals surface area contributed by atoms with Crippen LogP contribution in [0.3, 0.4) is 0 Å². The van der Waals surface area contributed by atoms with Crippen molar-refractivity contribution in [1.82, 2.24) is 10.2 Å². The second-order valence-electron chi connectivity index (χ2n) is 7.59. The minimum atomic E-state index is -0.420. The van der Waals surface area contributed by atoms with E-state index in [1.54, 1.807) is 7.11 Å². The molecular weight excluding hydrogens is 280 g/mol. The normalized spacial score (nSPS) is 29.6. The van der Waals surface area contributed by atoms with E-state index in [-0.39, 0.29) is 12.1 Å². The van der Waals surface area contributed by atoms with Crippen LogP contribution in [-0.4, -0.2) is 55.0 Å². The molecule has 1 saturated carbocycles. The summed E-state index contributed by atoms with van der Waals surface area (Å²) in [4.78, 5) is 14.2. The molecule has 0 bridgehead atoms. The number of ether oxygens (including phenoxy) is 2. The topological polar surface area (TPSA) is 50.8 Å². The molecule has 0 aromatic carbocycles. The third-order valence-electron chi connectivity index (χ3n) is 4.65. The van der Waals surface area contributed by atoms with Crippen LogP contribution in [-0.2, 0) is 9.47 Å². The molecular formula is C17H32N2O3. The molecule has 1 aliphatic heterocycles. The lowest BCUT2D eigenvalue weighted by Gasteiger charge is -2.32. The van der Waals surface area contributed by atoms with Crippen LogP contribution in [0.4, 0.5) is 4.79 Å². The van der Waals surface area contributed by atoms with Gasteiger partial charge in [0.2, 0.25) is 0 Å². The van der Waals surface area contributed by atoms with Gasteiger partial charge in [0.05, 0.1) is 6.10 Å². The summed E-state index contributed by atoms with van der Waals surface area (Å²) < 4.78 is 10.9.